The van der Waals surface area contributed by atoms with Crippen LogP contribution in [0.4, 0.5) is 11.6 Å². The van der Waals surface area contributed by atoms with Crippen molar-refractivity contribution in [1.82, 2.24) is 9.97 Å². The van der Waals surface area contributed by atoms with E-state index in [9.17, 15) is 10.1 Å². The molecule has 0 aliphatic rings. The van der Waals surface area contributed by atoms with Crippen LogP contribution in [0.15, 0.2) is 24.4 Å². The minimum Gasteiger partial charge on any atom is -0.438 e. The number of nitrogens with one attached hydrogen (secondary N) is 1. The number of hydrogen-bond acceptors (Lipinski definition) is 7. The Balaban J connectivity index is 2.37. The fraction of sp³-hybridized carbons (Fsp3) is 0.167. The molecule has 8 nitrogen and oxygen atoms in total. The largest absolute Gasteiger partial charge is 0.438 e. The minimum absolute atomic E-state index is 0.00294. The van der Waals surface area contributed by atoms with Crippen molar-refractivity contribution in [3.8, 4) is 11.6 Å². The SMILES string of the molecule is Cc1cc(C)c([N+](=O)[O-])cc1Oc1ccnc(NN)n1. The number of nitro benzene ring substituents is 1. The molecule has 20 heavy (non-hydrogen) atoms. The maximum atomic E-state index is 10.9. The van der Waals surface area contributed by atoms with Gasteiger partial charge in [0.15, 0.2) is 0 Å². The zero-order valence-corrected chi connectivity index (χ0v) is 11.0. The van der Waals surface area contributed by atoms with Crippen LogP contribution in [0.5, 0.6) is 11.6 Å². The number of aryl methyl sites for hydroxylation is 2. The van der Waals surface area contributed by atoms with Crippen molar-refractivity contribution in [1.29, 1.82) is 0 Å². The fourth-order valence-electron chi connectivity index (χ4n) is 1.71. The molecule has 3 N–H and O–H groups in total. The van der Waals surface area contributed by atoms with Gasteiger partial charge in [0.25, 0.3) is 5.69 Å². The number of nitrogen functional groups attached to an aromatic ring is 1. The van der Waals surface area contributed by atoms with Crippen molar-refractivity contribution in [2.45, 2.75) is 13.8 Å². The zero-order chi connectivity index (χ0) is 14.7. The Morgan fingerprint density at radius 1 is 1.35 bits per heavy atom. The maximum absolute atomic E-state index is 10.9. The van der Waals surface area contributed by atoms with E-state index in [0.717, 1.165) is 5.56 Å². The second-order valence-corrected chi connectivity index (χ2v) is 4.13. The molecular weight excluding hydrogens is 262 g/mol. The normalized spacial score (nSPS) is 10.2. The molecule has 1 heterocycles. The Labute approximate surface area is 114 Å². The highest BCUT2D eigenvalue weighted by Crippen LogP contribution is 2.30. The van der Waals surface area contributed by atoms with Gasteiger partial charge < -0.3 is 4.74 Å². The Kier molecular flexibility index (Phi) is 3.76. The molecule has 0 atom stereocenters. The van der Waals surface area contributed by atoms with Crippen molar-refractivity contribution < 1.29 is 9.66 Å². The molecule has 0 spiro atoms. The lowest BCUT2D eigenvalue weighted by molar-refractivity contribution is -0.385. The molecule has 0 radical (unpaired) electrons. The van der Waals surface area contributed by atoms with Gasteiger partial charge in [-0.05, 0) is 25.5 Å². The molecule has 2 rings (SSSR count). The second-order valence-electron chi connectivity index (χ2n) is 4.13. The number of benzene rings is 1. The van der Waals surface area contributed by atoms with Crippen LogP contribution in [-0.2, 0) is 0 Å². The monoisotopic (exact) mass is 275 g/mol. The van der Waals surface area contributed by atoms with Gasteiger partial charge in [-0.3, -0.25) is 15.5 Å². The van der Waals surface area contributed by atoms with E-state index in [1.54, 1.807) is 19.9 Å². The molecule has 1 aromatic carbocycles. The van der Waals surface area contributed by atoms with Crippen LogP contribution < -0.4 is 16.0 Å². The summed E-state index contributed by atoms with van der Waals surface area (Å²) in [7, 11) is 0. The van der Waals surface area contributed by atoms with Gasteiger partial charge in [0, 0.05) is 17.8 Å². The van der Waals surface area contributed by atoms with Gasteiger partial charge in [0.1, 0.15) is 5.75 Å². The molecule has 0 aliphatic heterocycles. The lowest BCUT2D eigenvalue weighted by atomic mass is 10.1. The van der Waals surface area contributed by atoms with Crippen molar-refractivity contribution in [2.75, 3.05) is 5.43 Å². The summed E-state index contributed by atoms with van der Waals surface area (Å²) in [5.74, 6) is 6.01. The Morgan fingerprint density at radius 3 is 2.75 bits per heavy atom. The van der Waals surface area contributed by atoms with Gasteiger partial charge in [-0.2, -0.15) is 4.98 Å². The molecule has 0 unspecified atom stereocenters. The van der Waals surface area contributed by atoms with Crippen LogP contribution >= 0.6 is 0 Å². The number of nitrogens with two attached hydrogens (primary N) is 1. The average molecular weight is 275 g/mol. The quantitative estimate of drug-likeness (QED) is 0.498. The summed E-state index contributed by atoms with van der Waals surface area (Å²) in [5.41, 5.74) is 3.64. The number of anilines is 1. The number of rotatable bonds is 4. The number of aromatic nitrogens is 2. The highest BCUT2D eigenvalue weighted by atomic mass is 16.6. The number of ether oxygens (including phenoxy) is 1. The van der Waals surface area contributed by atoms with Crippen molar-refractivity contribution >= 4 is 11.6 Å². The van der Waals surface area contributed by atoms with E-state index in [1.807, 2.05) is 0 Å². The van der Waals surface area contributed by atoms with Gasteiger partial charge >= 0.3 is 0 Å². The van der Waals surface area contributed by atoms with Crippen LogP contribution in [-0.4, -0.2) is 14.9 Å². The van der Waals surface area contributed by atoms with Gasteiger partial charge in [0.2, 0.25) is 11.8 Å². The molecule has 0 saturated carbocycles. The van der Waals surface area contributed by atoms with E-state index >= 15 is 0 Å². The lowest BCUT2D eigenvalue weighted by Crippen LogP contribution is -2.10. The van der Waals surface area contributed by atoms with Gasteiger partial charge in [0.05, 0.1) is 11.0 Å². The highest BCUT2D eigenvalue weighted by Gasteiger charge is 2.15. The third-order valence-corrected chi connectivity index (χ3v) is 2.66. The minimum atomic E-state index is -0.450. The predicted octanol–water partition coefficient (Wildman–Crippen LogP) is 2.08. The van der Waals surface area contributed by atoms with Crippen LogP contribution in [0, 0.1) is 24.0 Å². The summed E-state index contributed by atoms with van der Waals surface area (Å²) in [5, 5.41) is 10.9. The Bertz CT molecular complexity index is 660. The van der Waals surface area contributed by atoms with E-state index in [-0.39, 0.29) is 17.5 Å². The van der Waals surface area contributed by atoms with Gasteiger partial charge in [-0.15, -0.1) is 0 Å². The third kappa shape index (κ3) is 2.81. The van der Waals surface area contributed by atoms with Crippen LogP contribution in [0.3, 0.4) is 0 Å². The number of nitrogens with zero attached hydrogens (tertiary/aromatic N) is 3. The fourth-order valence-corrected chi connectivity index (χ4v) is 1.71. The number of hydrogen-bond donors (Lipinski definition) is 2. The Morgan fingerprint density at radius 2 is 2.10 bits per heavy atom. The summed E-state index contributed by atoms with van der Waals surface area (Å²) in [6.07, 6.45) is 1.47. The first-order valence-electron chi connectivity index (χ1n) is 5.74. The first-order valence-corrected chi connectivity index (χ1v) is 5.74. The topological polar surface area (TPSA) is 116 Å². The van der Waals surface area contributed by atoms with E-state index in [2.05, 4.69) is 15.4 Å². The summed E-state index contributed by atoms with van der Waals surface area (Å²) < 4.78 is 5.55. The van der Waals surface area contributed by atoms with Gasteiger partial charge in [-0.25, -0.2) is 10.8 Å². The lowest BCUT2D eigenvalue weighted by Gasteiger charge is -2.09. The summed E-state index contributed by atoms with van der Waals surface area (Å²) in [4.78, 5) is 18.3. The summed E-state index contributed by atoms with van der Waals surface area (Å²) in [6.45, 7) is 3.48. The summed E-state index contributed by atoms with van der Waals surface area (Å²) in [6, 6.07) is 4.60. The molecule has 8 heteroatoms. The standard InChI is InChI=1S/C12H13N5O3/c1-7-5-8(2)10(6-9(7)17(18)19)20-11-3-4-14-12(15-11)16-13/h3-6H,13H2,1-2H3,(H,14,15,16). The zero-order valence-electron chi connectivity index (χ0n) is 11.0. The first kappa shape index (κ1) is 13.7. The summed E-state index contributed by atoms with van der Waals surface area (Å²) >= 11 is 0. The molecule has 104 valence electrons. The number of hydrazine groups is 1. The second kappa shape index (κ2) is 5.49. The van der Waals surface area contributed by atoms with Crippen LogP contribution in [0.2, 0.25) is 0 Å². The molecule has 0 amide bonds. The van der Waals surface area contributed by atoms with E-state index < -0.39 is 4.92 Å². The van der Waals surface area contributed by atoms with E-state index in [1.165, 1.54) is 18.3 Å². The van der Waals surface area contributed by atoms with Crippen molar-refractivity contribution in [3.05, 3.63) is 45.6 Å². The molecule has 0 aliphatic carbocycles. The van der Waals surface area contributed by atoms with E-state index in [4.69, 9.17) is 10.6 Å². The predicted molar refractivity (Wildman–Crippen MR) is 72.5 cm³/mol. The molecule has 1 aromatic heterocycles. The van der Waals surface area contributed by atoms with Crippen LogP contribution in [0.1, 0.15) is 11.1 Å². The smallest absolute Gasteiger partial charge is 0.276 e. The van der Waals surface area contributed by atoms with Crippen molar-refractivity contribution in [2.24, 2.45) is 5.84 Å². The van der Waals surface area contributed by atoms with Gasteiger partial charge in [-0.1, -0.05) is 0 Å². The average Bonchev–Trinajstić information content (AvgIpc) is 2.41. The molecule has 2 aromatic rings. The third-order valence-electron chi connectivity index (χ3n) is 2.66. The number of nitro groups is 1. The van der Waals surface area contributed by atoms with Crippen molar-refractivity contribution in [3.63, 3.8) is 0 Å². The molecular formula is C12H13N5O3. The first-order chi connectivity index (χ1) is 9.51. The molecule has 0 saturated heterocycles. The van der Waals surface area contributed by atoms with E-state index in [0.29, 0.717) is 11.3 Å². The van der Waals surface area contributed by atoms with Crippen LogP contribution in [0.25, 0.3) is 0 Å². The highest BCUT2D eigenvalue weighted by molar-refractivity contribution is 5.50. The Hall–Kier alpha value is -2.74. The molecule has 0 bridgehead atoms. The molecule has 0 fully saturated rings. The maximum Gasteiger partial charge on any atom is 0.276 e.